The van der Waals surface area contributed by atoms with Crippen LogP contribution < -0.4 is 5.73 Å². The molecule has 0 unspecified atom stereocenters. The fraction of sp³-hybridized carbons (Fsp3) is 0.462. The minimum absolute atomic E-state index is 0.0896. The van der Waals surface area contributed by atoms with E-state index < -0.39 is 17.2 Å². The van der Waals surface area contributed by atoms with E-state index in [2.05, 4.69) is 0 Å². The summed E-state index contributed by atoms with van der Waals surface area (Å²) in [7, 11) is 0. The van der Waals surface area contributed by atoms with Gasteiger partial charge >= 0.3 is 0 Å². The van der Waals surface area contributed by atoms with Crippen LogP contribution in [0.1, 0.15) is 31.2 Å². The van der Waals surface area contributed by atoms with Crippen LogP contribution in [-0.4, -0.2) is 11.3 Å². The number of Topliss-reactive ketones (excluding diaryl/α,β-unsaturated/α-hetero) is 1. The number of carbonyl (C=O) groups excluding carboxylic acids is 1. The first-order valence-corrected chi connectivity index (χ1v) is 5.77. The first kappa shape index (κ1) is 12.2. The molecule has 0 heterocycles. The van der Waals surface area contributed by atoms with Gasteiger partial charge in [0.15, 0.2) is 5.78 Å². The number of hydrogen-bond acceptors (Lipinski definition) is 2. The zero-order chi connectivity index (χ0) is 12.5. The second-order valence-corrected chi connectivity index (χ2v) is 4.70. The van der Waals surface area contributed by atoms with Crippen molar-refractivity contribution >= 4 is 5.78 Å². The Labute approximate surface area is 98.8 Å². The van der Waals surface area contributed by atoms with Gasteiger partial charge in [0.25, 0.3) is 0 Å². The lowest BCUT2D eigenvalue weighted by Crippen LogP contribution is -2.46. The fourth-order valence-corrected chi connectivity index (χ4v) is 2.31. The monoisotopic (exact) mass is 239 g/mol. The highest BCUT2D eigenvalue weighted by Gasteiger charge is 2.36. The number of hydrogen-bond donors (Lipinski definition) is 1. The van der Waals surface area contributed by atoms with Crippen LogP contribution in [0.5, 0.6) is 0 Å². The Morgan fingerprint density at radius 1 is 1.29 bits per heavy atom. The number of halogens is 2. The number of nitrogens with two attached hydrogens (primary N) is 1. The summed E-state index contributed by atoms with van der Waals surface area (Å²) >= 11 is 0. The third-order valence-electron chi connectivity index (χ3n) is 3.41. The molecule has 0 amide bonds. The van der Waals surface area contributed by atoms with E-state index in [9.17, 15) is 13.6 Å². The zero-order valence-corrected chi connectivity index (χ0v) is 9.51. The molecular formula is C13H15F2NO. The molecule has 1 fully saturated rings. The van der Waals surface area contributed by atoms with E-state index in [1.54, 1.807) is 0 Å². The normalized spacial score (nSPS) is 18.3. The number of ketones is 1. The molecule has 1 aromatic rings. The molecule has 0 bridgehead atoms. The Balaban J connectivity index is 2.15. The summed E-state index contributed by atoms with van der Waals surface area (Å²) < 4.78 is 26.3. The molecule has 0 atom stereocenters. The lowest BCUT2D eigenvalue weighted by molar-refractivity contribution is -0.123. The Bertz CT molecular complexity index is 439. The summed E-state index contributed by atoms with van der Waals surface area (Å²) in [6, 6.07) is 3.14. The van der Waals surface area contributed by atoms with E-state index in [4.69, 9.17) is 5.73 Å². The molecule has 0 spiro atoms. The summed E-state index contributed by atoms with van der Waals surface area (Å²) in [5.41, 5.74) is 5.23. The molecule has 0 saturated heterocycles. The van der Waals surface area contributed by atoms with Gasteiger partial charge in [0.05, 0.1) is 5.54 Å². The van der Waals surface area contributed by atoms with Gasteiger partial charge in [-0.1, -0.05) is 12.8 Å². The van der Waals surface area contributed by atoms with Gasteiger partial charge < -0.3 is 5.73 Å². The third-order valence-corrected chi connectivity index (χ3v) is 3.41. The molecule has 1 aliphatic carbocycles. The molecule has 0 radical (unpaired) electrons. The number of carbonyl (C=O) groups is 1. The van der Waals surface area contributed by atoms with Gasteiger partial charge in [-0.15, -0.1) is 0 Å². The summed E-state index contributed by atoms with van der Waals surface area (Å²) in [5, 5.41) is 0. The molecule has 92 valence electrons. The van der Waals surface area contributed by atoms with E-state index in [0.717, 1.165) is 31.0 Å². The number of rotatable bonds is 3. The predicted molar refractivity (Wildman–Crippen MR) is 60.5 cm³/mol. The molecule has 1 aromatic carbocycles. The van der Waals surface area contributed by atoms with E-state index in [0.29, 0.717) is 12.8 Å². The lowest BCUT2D eigenvalue weighted by atomic mass is 9.89. The van der Waals surface area contributed by atoms with Crippen LogP contribution in [0.15, 0.2) is 18.2 Å². The van der Waals surface area contributed by atoms with Gasteiger partial charge in [-0.05, 0) is 36.6 Å². The van der Waals surface area contributed by atoms with Crippen LogP contribution in [0.3, 0.4) is 0 Å². The van der Waals surface area contributed by atoms with Gasteiger partial charge in [0.2, 0.25) is 0 Å². The van der Waals surface area contributed by atoms with E-state index in [1.807, 2.05) is 0 Å². The van der Waals surface area contributed by atoms with E-state index in [1.165, 1.54) is 0 Å². The van der Waals surface area contributed by atoms with Crippen LogP contribution in [0, 0.1) is 11.6 Å². The molecule has 17 heavy (non-hydrogen) atoms. The Morgan fingerprint density at radius 3 is 2.59 bits per heavy atom. The van der Waals surface area contributed by atoms with Crippen molar-refractivity contribution in [2.24, 2.45) is 5.73 Å². The van der Waals surface area contributed by atoms with Crippen molar-refractivity contribution < 1.29 is 13.6 Å². The van der Waals surface area contributed by atoms with Crippen LogP contribution >= 0.6 is 0 Å². The molecule has 1 aliphatic rings. The zero-order valence-electron chi connectivity index (χ0n) is 9.51. The van der Waals surface area contributed by atoms with E-state index >= 15 is 0 Å². The Kier molecular flexibility index (Phi) is 3.24. The second-order valence-electron chi connectivity index (χ2n) is 4.70. The van der Waals surface area contributed by atoms with Crippen LogP contribution in [-0.2, 0) is 11.2 Å². The van der Waals surface area contributed by atoms with Crippen molar-refractivity contribution in [1.29, 1.82) is 0 Å². The van der Waals surface area contributed by atoms with Crippen molar-refractivity contribution in [2.45, 2.75) is 37.6 Å². The Hall–Kier alpha value is -1.29. The highest BCUT2D eigenvalue weighted by molar-refractivity contribution is 5.90. The highest BCUT2D eigenvalue weighted by Crippen LogP contribution is 2.29. The molecule has 4 heteroatoms. The van der Waals surface area contributed by atoms with Crippen LogP contribution in [0.4, 0.5) is 8.78 Å². The van der Waals surface area contributed by atoms with E-state index in [-0.39, 0.29) is 17.8 Å². The number of benzene rings is 1. The SMILES string of the molecule is NC1(C(=O)Cc2cc(F)ccc2F)CCCC1. The fourth-order valence-electron chi connectivity index (χ4n) is 2.31. The minimum atomic E-state index is -0.835. The second kappa shape index (κ2) is 4.53. The molecular weight excluding hydrogens is 224 g/mol. The van der Waals surface area contributed by atoms with Gasteiger partial charge in [-0.25, -0.2) is 8.78 Å². The van der Waals surface area contributed by atoms with Crippen molar-refractivity contribution in [2.75, 3.05) is 0 Å². The molecule has 2 nitrogen and oxygen atoms in total. The van der Waals surface area contributed by atoms with Crippen molar-refractivity contribution in [3.8, 4) is 0 Å². The maximum absolute atomic E-state index is 13.4. The highest BCUT2D eigenvalue weighted by atomic mass is 19.1. The van der Waals surface area contributed by atoms with Crippen LogP contribution in [0.2, 0.25) is 0 Å². The first-order chi connectivity index (χ1) is 8.01. The summed E-state index contributed by atoms with van der Waals surface area (Å²) in [6.45, 7) is 0. The summed E-state index contributed by atoms with van der Waals surface area (Å²) in [5.74, 6) is -1.28. The average molecular weight is 239 g/mol. The lowest BCUT2D eigenvalue weighted by Gasteiger charge is -2.21. The van der Waals surface area contributed by atoms with Crippen molar-refractivity contribution in [3.63, 3.8) is 0 Å². The first-order valence-electron chi connectivity index (χ1n) is 5.77. The van der Waals surface area contributed by atoms with Gasteiger partial charge in [-0.3, -0.25) is 4.79 Å². The smallest absolute Gasteiger partial charge is 0.157 e. The van der Waals surface area contributed by atoms with Gasteiger partial charge in [-0.2, -0.15) is 0 Å². The maximum atomic E-state index is 13.4. The quantitative estimate of drug-likeness (QED) is 0.879. The summed E-state index contributed by atoms with van der Waals surface area (Å²) in [6.07, 6.45) is 3.01. The molecule has 2 rings (SSSR count). The largest absolute Gasteiger partial charge is 0.319 e. The third kappa shape index (κ3) is 2.52. The maximum Gasteiger partial charge on any atom is 0.157 e. The molecule has 0 aromatic heterocycles. The Morgan fingerprint density at radius 2 is 1.94 bits per heavy atom. The molecule has 0 aliphatic heterocycles. The van der Waals surface area contributed by atoms with Crippen LogP contribution in [0.25, 0.3) is 0 Å². The van der Waals surface area contributed by atoms with Crippen molar-refractivity contribution in [3.05, 3.63) is 35.4 Å². The standard InChI is InChI=1S/C13H15F2NO/c14-10-3-4-11(15)9(7-10)8-12(17)13(16)5-1-2-6-13/h3-4,7H,1-2,5-6,8,16H2. The minimum Gasteiger partial charge on any atom is -0.319 e. The predicted octanol–water partition coefficient (Wildman–Crippen LogP) is 2.35. The van der Waals surface area contributed by atoms with Crippen molar-refractivity contribution in [1.82, 2.24) is 0 Å². The van der Waals surface area contributed by atoms with Gasteiger partial charge in [0.1, 0.15) is 11.6 Å². The molecule has 2 N–H and O–H groups in total. The average Bonchev–Trinajstić information content (AvgIpc) is 2.72. The summed E-state index contributed by atoms with van der Waals surface area (Å²) in [4.78, 5) is 12.0. The topological polar surface area (TPSA) is 43.1 Å². The van der Waals surface area contributed by atoms with Gasteiger partial charge in [0, 0.05) is 6.42 Å². The molecule has 1 saturated carbocycles.